The largest absolute Gasteiger partial charge is 0.497 e. The summed E-state index contributed by atoms with van der Waals surface area (Å²) in [5, 5.41) is 0. The van der Waals surface area contributed by atoms with E-state index in [1.165, 1.54) is 5.82 Å². The van der Waals surface area contributed by atoms with Crippen LogP contribution in [0.15, 0.2) is 60.4 Å². The van der Waals surface area contributed by atoms with Crippen molar-refractivity contribution in [2.24, 2.45) is 0 Å². The van der Waals surface area contributed by atoms with Gasteiger partial charge in [-0.25, -0.2) is 4.57 Å². The smallest absolute Gasteiger partial charge is 0.401 e. The fraction of sp³-hybridized carbons (Fsp3) is 0.0667. The van der Waals surface area contributed by atoms with E-state index in [2.05, 4.69) is 0 Å². The molecule has 0 spiro atoms. The van der Waals surface area contributed by atoms with Gasteiger partial charge in [0.2, 0.25) is 0 Å². The Morgan fingerprint density at radius 3 is 2.20 bits per heavy atom. The van der Waals surface area contributed by atoms with Gasteiger partial charge in [0.05, 0.1) is 7.11 Å². The summed E-state index contributed by atoms with van der Waals surface area (Å²) in [5.41, 5.74) is 0.833. The van der Waals surface area contributed by atoms with Crippen molar-refractivity contribution in [3.63, 3.8) is 0 Å². The highest BCUT2D eigenvalue weighted by Crippen LogP contribution is 2.44. The molecule has 0 aliphatic carbocycles. The van der Waals surface area contributed by atoms with Gasteiger partial charge in [0, 0.05) is 5.82 Å². The normalized spacial score (nSPS) is 13.9. The minimum absolute atomic E-state index is 0.314. The van der Waals surface area contributed by atoms with E-state index in [4.69, 9.17) is 9.26 Å². The van der Waals surface area contributed by atoms with E-state index in [0.717, 1.165) is 5.56 Å². The van der Waals surface area contributed by atoms with Crippen LogP contribution in [-0.2, 0) is 4.57 Å². The molecule has 1 atom stereocenters. The summed E-state index contributed by atoms with van der Waals surface area (Å²) in [6.07, 6.45) is 1.56. The van der Waals surface area contributed by atoms with E-state index in [1.54, 1.807) is 37.5 Å². The summed E-state index contributed by atoms with van der Waals surface area (Å²) in [6.45, 7) is 0. The van der Waals surface area contributed by atoms with Crippen molar-refractivity contribution in [1.82, 2.24) is 0 Å². The van der Waals surface area contributed by atoms with Crippen LogP contribution in [-0.4, -0.2) is 12.0 Å². The third-order valence-corrected chi connectivity index (χ3v) is 3.55. The third kappa shape index (κ3) is 4.26. The molecule has 104 valence electrons. The lowest BCUT2D eigenvalue weighted by molar-refractivity contribution is 0.390. The first-order valence-electron chi connectivity index (χ1n) is 5.99. The first-order chi connectivity index (χ1) is 9.59. The fourth-order valence-electron chi connectivity index (χ4n) is 1.56. The highest BCUT2D eigenvalue weighted by atomic mass is 31.2. The molecule has 0 aliphatic heterocycles. The van der Waals surface area contributed by atoms with Crippen molar-refractivity contribution in [2.75, 3.05) is 7.11 Å². The molecule has 0 bridgehead atoms. The molecule has 2 aromatic rings. The average Bonchev–Trinajstić information content (AvgIpc) is 2.47. The van der Waals surface area contributed by atoms with Gasteiger partial charge < -0.3 is 14.2 Å². The van der Waals surface area contributed by atoms with Gasteiger partial charge in [-0.1, -0.05) is 30.3 Å². The van der Waals surface area contributed by atoms with E-state index < -0.39 is 7.60 Å². The topological polar surface area (TPSA) is 55.8 Å². The van der Waals surface area contributed by atoms with Crippen LogP contribution in [0, 0.1) is 0 Å². The van der Waals surface area contributed by atoms with Gasteiger partial charge in [0.25, 0.3) is 0 Å². The van der Waals surface area contributed by atoms with Crippen molar-refractivity contribution >= 4 is 13.7 Å². The highest BCUT2D eigenvalue weighted by molar-refractivity contribution is 7.56. The van der Waals surface area contributed by atoms with Crippen LogP contribution in [0.1, 0.15) is 5.56 Å². The summed E-state index contributed by atoms with van der Waals surface area (Å²) in [5.74, 6) is 2.14. The maximum atomic E-state index is 11.9. The summed E-state index contributed by atoms with van der Waals surface area (Å²) >= 11 is 0. The molecular formula is C15H15O4P. The molecular weight excluding hydrogens is 275 g/mol. The molecule has 2 rings (SSSR count). The monoisotopic (exact) mass is 290 g/mol. The van der Waals surface area contributed by atoms with Crippen LogP contribution in [0.25, 0.3) is 6.08 Å². The first kappa shape index (κ1) is 14.4. The van der Waals surface area contributed by atoms with E-state index in [1.807, 2.05) is 30.3 Å². The molecule has 0 saturated carbocycles. The number of hydrogen-bond acceptors (Lipinski definition) is 3. The summed E-state index contributed by atoms with van der Waals surface area (Å²) in [6, 6.07) is 15.7. The molecule has 0 radical (unpaired) electrons. The zero-order chi connectivity index (χ0) is 14.4. The number of rotatable bonds is 5. The lowest BCUT2D eigenvalue weighted by Crippen LogP contribution is -1.89. The molecule has 0 heterocycles. The van der Waals surface area contributed by atoms with Gasteiger partial charge in [0.15, 0.2) is 0 Å². The predicted octanol–water partition coefficient (Wildman–Crippen LogP) is 3.93. The zero-order valence-electron chi connectivity index (χ0n) is 11.0. The Morgan fingerprint density at radius 1 is 1.00 bits per heavy atom. The second-order valence-corrected chi connectivity index (χ2v) is 5.67. The van der Waals surface area contributed by atoms with E-state index in [0.29, 0.717) is 11.5 Å². The standard InChI is InChI=1S/C15H15O4P/c1-18-14-7-9-15(10-8-14)19-20(16,17)12-11-13-5-3-2-4-6-13/h2-12H,1H3,(H,16,17). The molecule has 5 heteroatoms. The molecule has 0 amide bonds. The van der Waals surface area contributed by atoms with Crippen LogP contribution in [0.4, 0.5) is 0 Å². The zero-order valence-corrected chi connectivity index (χ0v) is 11.9. The van der Waals surface area contributed by atoms with Crippen LogP contribution < -0.4 is 9.26 Å². The quantitative estimate of drug-likeness (QED) is 0.848. The maximum Gasteiger partial charge on any atom is 0.401 e. The Bertz CT molecular complexity index is 620. The van der Waals surface area contributed by atoms with Crippen LogP contribution >= 0.6 is 7.60 Å². The molecule has 0 saturated heterocycles. The van der Waals surface area contributed by atoms with Gasteiger partial charge in [-0.05, 0) is 35.9 Å². The van der Waals surface area contributed by atoms with Crippen molar-refractivity contribution in [3.05, 3.63) is 66.0 Å². The van der Waals surface area contributed by atoms with Crippen LogP contribution in [0.3, 0.4) is 0 Å². The number of methoxy groups -OCH3 is 1. The lowest BCUT2D eigenvalue weighted by Gasteiger charge is -2.10. The average molecular weight is 290 g/mol. The number of benzene rings is 2. The molecule has 2 aromatic carbocycles. The molecule has 0 aromatic heterocycles. The van der Waals surface area contributed by atoms with Crippen LogP contribution in [0.2, 0.25) is 0 Å². The van der Waals surface area contributed by atoms with Crippen molar-refractivity contribution in [1.29, 1.82) is 0 Å². The number of hydrogen-bond donors (Lipinski definition) is 1. The molecule has 20 heavy (non-hydrogen) atoms. The molecule has 1 unspecified atom stereocenters. The second kappa shape index (κ2) is 6.42. The molecule has 1 N–H and O–H groups in total. The Kier molecular flexibility index (Phi) is 4.61. The Morgan fingerprint density at radius 2 is 1.60 bits per heavy atom. The molecule has 0 aliphatic rings. The molecule has 4 nitrogen and oxygen atoms in total. The van der Waals surface area contributed by atoms with Gasteiger partial charge in [-0.3, -0.25) is 0 Å². The Hall–Kier alpha value is -2.03. The fourth-order valence-corrected chi connectivity index (χ4v) is 2.41. The Labute approximate surface area is 117 Å². The van der Waals surface area contributed by atoms with Crippen molar-refractivity contribution in [3.8, 4) is 11.5 Å². The highest BCUT2D eigenvalue weighted by Gasteiger charge is 2.16. The van der Waals surface area contributed by atoms with E-state index in [9.17, 15) is 9.46 Å². The third-order valence-electron chi connectivity index (χ3n) is 2.55. The van der Waals surface area contributed by atoms with E-state index >= 15 is 0 Å². The minimum Gasteiger partial charge on any atom is -0.497 e. The summed E-state index contributed by atoms with van der Waals surface area (Å²) in [7, 11) is -2.27. The van der Waals surface area contributed by atoms with Gasteiger partial charge in [-0.2, -0.15) is 0 Å². The van der Waals surface area contributed by atoms with Gasteiger partial charge in [-0.15, -0.1) is 0 Å². The maximum absolute atomic E-state index is 11.9. The number of ether oxygens (including phenoxy) is 1. The lowest BCUT2D eigenvalue weighted by atomic mass is 10.2. The van der Waals surface area contributed by atoms with Crippen LogP contribution in [0.5, 0.6) is 11.5 Å². The second-order valence-electron chi connectivity index (χ2n) is 4.06. The van der Waals surface area contributed by atoms with Crippen molar-refractivity contribution in [2.45, 2.75) is 0 Å². The van der Waals surface area contributed by atoms with E-state index in [-0.39, 0.29) is 0 Å². The Balaban J connectivity index is 2.06. The predicted molar refractivity (Wildman–Crippen MR) is 78.9 cm³/mol. The van der Waals surface area contributed by atoms with Gasteiger partial charge in [0.1, 0.15) is 11.5 Å². The summed E-state index contributed by atoms with van der Waals surface area (Å²) < 4.78 is 22.0. The van der Waals surface area contributed by atoms with Gasteiger partial charge >= 0.3 is 7.60 Å². The SMILES string of the molecule is COc1ccc(OP(=O)(O)C=Cc2ccccc2)cc1. The summed E-state index contributed by atoms with van der Waals surface area (Å²) in [4.78, 5) is 9.77. The molecule has 0 fully saturated rings. The first-order valence-corrected chi connectivity index (χ1v) is 7.64. The minimum atomic E-state index is -3.82. The van der Waals surface area contributed by atoms with Crippen molar-refractivity contribution < 1.29 is 18.7 Å².